The molecule has 0 radical (unpaired) electrons. The summed E-state index contributed by atoms with van der Waals surface area (Å²) in [5.41, 5.74) is 1.40. The van der Waals surface area contributed by atoms with E-state index in [2.05, 4.69) is 10.6 Å². The highest BCUT2D eigenvalue weighted by molar-refractivity contribution is 6.01. The standard InChI is InChI=1S/C37H44FN3O7/c1-22(2)19-29(35(45)47-6)41(32(23-15-17-27(38)18-16-23)33(43)39-28-13-9-10-14-30(28)42)34(44)31(40-36(46)48-37(3,4)5)26-20-24-11-7-8-12-25(24)21-26/h7-18,22,26,29,31-32,42H,19-21H2,1-6H3,(H,39,43)(H,40,46)/t29-,31-,32-/m1/s1. The molecule has 10 nitrogen and oxygen atoms in total. The van der Waals surface area contributed by atoms with Crippen molar-refractivity contribution in [2.75, 3.05) is 12.4 Å². The SMILES string of the molecule is COC(=O)[C@@H](CC(C)C)N(C(=O)[C@H](NC(=O)OC(C)(C)C)C1Cc2ccccc2C1)[C@@H](C(=O)Nc1ccccc1O)c1ccc(F)cc1. The number of halogens is 1. The van der Waals surface area contributed by atoms with E-state index in [1.54, 1.807) is 32.9 Å². The van der Waals surface area contributed by atoms with Gasteiger partial charge in [-0.05, 0) is 92.8 Å². The van der Waals surface area contributed by atoms with E-state index in [0.29, 0.717) is 12.8 Å². The van der Waals surface area contributed by atoms with E-state index in [0.717, 1.165) is 28.2 Å². The molecule has 1 aliphatic rings. The summed E-state index contributed by atoms with van der Waals surface area (Å²) >= 11 is 0. The Balaban J connectivity index is 1.90. The first-order chi connectivity index (χ1) is 22.7. The molecule has 0 bridgehead atoms. The number of rotatable bonds is 11. The molecule has 48 heavy (non-hydrogen) atoms. The van der Waals surface area contributed by atoms with E-state index in [4.69, 9.17) is 9.47 Å². The Hall–Kier alpha value is -4.93. The quantitative estimate of drug-likeness (QED) is 0.171. The monoisotopic (exact) mass is 661 g/mol. The Labute approximate surface area is 280 Å². The second-order valence-corrected chi connectivity index (χ2v) is 13.4. The van der Waals surface area contributed by atoms with Crippen LogP contribution < -0.4 is 10.6 Å². The topological polar surface area (TPSA) is 134 Å². The van der Waals surface area contributed by atoms with Crippen molar-refractivity contribution in [3.63, 3.8) is 0 Å². The maximum Gasteiger partial charge on any atom is 0.408 e. The molecule has 0 saturated carbocycles. The molecule has 1 aliphatic carbocycles. The molecule has 0 saturated heterocycles. The molecule has 3 amide bonds. The highest BCUT2D eigenvalue weighted by Gasteiger charge is 2.46. The number of fused-ring (bicyclic) bond motifs is 1. The lowest BCUT2D eigenvalue weighted by Crippen LogP contribution is -2.59. The molecule has 3 aromatic carbocycles. The molecule has 4 rings (SSSR count). The number of para-hydroxylation sites is 2. The lowest BCUT2D eigenvalue weighted by Gasteiger charge is -2.40. The number of phenolic OH excluding ortho intramolecular Hbond substituents is 1. The Morgan fingerprint density at radius 1 is 0.938 bits per heavy atom. The average molecular weight is 662 g/mol. The summed E-state index contributed by atoms with van der Waals surface area (Å²) in [5.74, 6) is -3.68. The summed E-state index contributed by atoms with van der Waals surface area (Å²) in [5, 5.41) is 15.9. The molecule has 3 aromatic rings. The molecule has 0 heterocycles. The number of carbonyl (C=O) groups excluding carboxylic acids is 4. The van der Waals surface area contributed by atoms with Gasteiger partial charge in [-0.1, -0.05) is 62.4 Å². The van der Waals surface area contributed by atoms with Crippen LogP contribution in [-0.4, -0.2) is 58.7 Å². The van der Waals surface area contributed by atoms with Crippen LogP contribution in [0.15, 0.2) is 72.8 Å². The number of aromatic hydroxyl groups is 1. The van der Waals surface area contributed by atoms with Crippen molar-refractivity contribution >= 4 is 29.6 Å². The summed E-state index contributed by atoms with van der Waals surface area (Å²) in [6.07, 6.45) is 0.139. The first-order valence-corrected chi connectivity index (χ1v) is 16.0. The molecule has 0 aliphatic heterocycles. The average Bonchev–Trinajstić information content (AvgIpc) is 3.45. The smallest absolute Gasteiger partial charge is 0.408 e. The van der Waals surface area contributed by atoms with Gasteiger partial charge in [-0.2, -0.15) is 0 Å². The molecule has 3 N–H and O–H groups in total. The summed E-state index contributed by atoms with van der Waals surface area (Å²) in [6.45, 7) is 8.82. The lowest BCUT2D eigenvalue weighted by atomic mass is 9.91. The van der Waals surface area contributed by atoms with Gasteiger partial charge in [-0.25, -0.2) is 14.0 Å². The predicted octanol–water partition coefficient (Wildman–Crippen LogP) is 5.94. The van der Waals surface area contributed by atoms with Gasteiger partial charge in [0.05, 0.1) is 12.8 Å². The maximum absolute atomic E-state index is 15.2. The largest absolute Gasteiger partial charge is 0.506 e. The molecule has 0 aromatic heterocycles. The van der Waals surface area contributed by atoms with Gasteiger partial charge in [0.2, 0.25) is 5.91 Å². The normalized spacial score (nSPS) is 14.8. The highest BCUT2D eigenvalue weighted by atomic mass is 19.1. The van der Waals surface area contributed by atoms with Gasteiger partial charge in [0.25, 0.3) is 5.91 Å². The summed E-state index contributed by atoms with van der Waals surface area (Å²) in [6, 6.07) is 14.7. The number of hydrogen-bond acceptors (Lipinski definition) is 7. The Morgan fingerprint density at radius 3 is 2.06 bits per heavy atom. The number of esters is 1. The number of anilines is 1. The first kappa shape index (κ1) is 35.9. The highest BCUT2D eigenvalue weighted by Crippen LogP contribution is 2.35. The minimum absolute atomic E-state index is 0.0650. The molecule has 3 atom stereocenters. The number of amides is 3. The first-order valence-electron chi connectivity index (χ1n) is 16.0. The van der Waals surface area contributed by atoms with Crippen LogP contribution in [0.25, 0.3) is 0 Å². The fourth-order valence-corrected chi connectivity index (χ4v) is 6.04. The minimum Gasteiger partial charge on any atom is -0.506 e. The Kier molecular flexibility index (Phi) is 11.5. The van der Waals surface area contributed by atoms with E-state index in [1.807, 2.05) is 38.1 Å². The molecule has 0 unspecified atom stereocenters. The number of benzene rings is 3. The number of carbonyl (C=O) groups is 4. The minimum atomic E-state index is -1.52. The van der Waals surface area contributed by atoms with Crippen LogP contribution >= 0.6 is 0 Å². The van der Waals surface area contributed by atoms with Crippen LogP contribution in [0, 0.1) is 17.7 Å². The number of alkyl carbamates (subject to hydrolysis) is 1. The molecular weight excluding hydrogens is 617 g/mol. The molecule has 0 spiro atoms. The van der Waals surface area contributed by atoms with Crippen LogP contribution in [0.2, 0.25) is 0 Å². The van der Waals surface area contributed by atoms with Crippen molar-refractivity contribution in [1.29, 1.82) is 0 Å². The van der Waals surface area contributed by atoms with E-state index in [1.165, 1.54) is 31.4 Å². The van der Waals surface area contributed by atoms with Crippen molar-refractivity contribution < 1.29 is 38.1 Å². The third kappa shape index (κ3) is 8.90. The van der Waals surface area contributed by atoms with Crippen LogP contribution in [0.4, 0.5) is 14.9 Å². The zero-order chi connectivity index (χ0) is 35.2. The lowest BCUT2D eigenvalue weighted by molar-refractivity contribution is -0.159. The number of phenols is 1. The van der Waals surface area contributed by atoms with Crippen molar-refractivity contribution in [1.82, 2.24) is 10.2 Å². The van der Waals surface area contributed by atoms with Gasteiger partial charge < -0.3 is 30.1 Å². The van der Waals surface area contributed by atoms with Crippen LogP contribution in [0.5, 0.6) is 5.75 Å². The molecule has 11 heteroatoms. The number of ether oxygens (including phenoxy) is 2. The molecule has 256 valence electrons. The molecule has 0 fully saturated rings. The van der Waals surface area contributed by atoms with Gasteiger partial charge in [0, 0.05) is 0 Å². The van der Waals surface area contributed by atoms with Gasteiger partial charge in [-0.3, -0.25) is 9.59 Å². The van der Waals surface area contributed by atoms with Gasteiger partial charge in [-0.15, -0.1) is 0 Å². The van der Waals surface area contributed by atoms with Crippen molar-refractivity contribution in [3.8, 4) is 5.75 Å². The van der Waals surface area contributed by atoms with Crippen molar-refractivity contribution in [2.24, 2.45) is 11.8 Å². The van der Waals surface area contributed by atoms with Gasteiger partial charge in [0.1, 0.15) is 35.3 Å². The Morgan fingerprint density at radius 2 is 1.52 bits per heavy atom. The second kappa shape index (κ2) is 15.3. The van der Waals surface area contributed by atoms with Crippen molar-refractivity contribution in [3.05, 3.63) is 95.3 Å². The van der Waals surface area contributed by atoms with E-state index >= 15 is 4.79 Å². The molecular formula is C37H44FN3O7. The van der Waals surface area contributed by atoms with Gasteiger partial charge in [0.15, 0.2) is 0 Å². The third-order valence-corrected chi connectivity index (χ3v) is 8.12. The predicted molar refractivity (Wildman–Crippen MR) is 178 cm³/mol. The third-order valence-electron chi connectivity index (χ3n) is 8.12. The summed E-state index contributed by atoms with van der Waals surface area (Å²) < 4.78 is 25.0. The van der Waals surface area contributed by atoms with Gasteiger partial charge >= 0.3 is 12.1 Å². The van der Waals surface area contributed by atoms with Crippen LogP contribution in [-0.2, 0) is 36.7 Å². The number of hydrogen-bond donors (Lipinski definition) is 3. The van der Waals surface area contributed by atoms with Crippen molar-refractivity contribution in [2.45, 2.75) is 77.6 Å². The maximum atomic E-state index is 15.2. The summed E-state index contributed by atoms with van der Waals surface area (Å²) in [7, 11) is 1.19. The van der Waals surface area contributed by atoms with Crippen LogP contribution in [0.3, 0.4) is 0 Å². The fraction of sp³-hybridized carbons (Fsp3) is 0.405. The van der Waals surface area contributed by atoms with E-state index in [9.17, 15) is 23.9 Å². The Bertz CT molecular complexity index is 1590. The van der Waals surface area contributed by atoms with Crippen LogP contribution in [0.1, 0.15) is 63.8 Å². The van der Waals surface area contributed by atoms with E-state index < -0.39 is 59.3 Å². The number of methoxy groups -OCH3 is 1. The zero-order valence-corrected chi connectivity index (χ0v) is 28.2. The zero-order valence-electron chi connectivity index (χ0n) is 28.2. The van der Waals surface area contributed by atoms with E-state index in [-0.39, 0.29) is 29.3 Å². The number of nitrogens with one attached hydrogen (secondary N) is 2. The fourth-order valence-electron chi connectivity index (χ4n) is 6.04. The second-order valence-electron chi connectivity index (χ2n) is 13.4. The summed E-state index contributed by atoms with van der Waals surface area (Å²) in [4.78, 5) is 57.6. The number of nitrogens with zero attached hydrogens (tertiary/aromatic N) is 1.